The molecule has 9 N–H and O–H groups in total. The minimum atomic E-state index is -1.46. The lowest BCUT2D eigenvalue weighted by Gasteiger charge is -2.14. The zero-order valence-corrected chi connectivity index (χ0v) is 29.5. The largest absolute Gasteiger partial charge is 0.504 e. The molecule has 0 bridgehead atoms. The smallest absolute Gasteiger partial charge is 0.335 e. The number of phenolic OH excluding ortho intramolecular Hbond substituents is 1. The molecule has 6 aromatic rings. The Kier molecular flexibility index (Phi) is 11.0. The molecule has 0 radical (unpaired) electrons. The molecule has 0 saturated heterocycles. The van der Waals surface area contributed by atoms with Crippen molar-refractivity contribution in [3.8, 4) is 62.3 Å². The highest BCUT2D eigenvalue weighted by molar-refractivity contribution is 6.32. The van der Waals surface area contributed by atoms with Crippen molar-refractivity contribution in [3.63, 3.8) is 0 Å². The van der Waals surface area contributed by atoms with Crippen molar-refractivity contribution in [2.24, 2.45) is 0 Å². The Morgan fingerprint density at radius 2 is 1.29 bits per heavy atom. The van der Waals surface area contributed by atoms with Crippen LogP contribution in [0.1, 0.15) is 31.8 Å². The summed E-state index contributed by atoms with van der Waals surface area (Å²) in [4.78, 5) is 48.4. The molecule has 2 aromatic heterocycles. The number of carbonyl (C=O) groups is 4. The van der Waals surface area contributed by atoms with E-state index in [4.69, 9.17) is 27.9 Å². The molecule has 16 nitrogen and oxygen atoms in total. The second-order valence-electron chi connectivity index (χ2n) is 11.8. The second kappa shape index (κ2) is 15.9. The third-order valence-corrected chi connectivity index (χ3v) is 8.92. The predicted molar refractivity (Wildman–Crippen MR) is 192 cm³/mol. The summed E-state index contributed by atoms with van der Waals surface area (Å²) >= 11 is 12.4. The minimum Gasteiger partial charge on any atom is -0.504 e. The van der Waals surface area contributed by atoms with Crippen molar-refractivity contribution < 1.29 is 58.4 Å². The van der Waals surface area contributed by atoms with E-state index in [-0.39, 0.29) is 72.0 Å². The highest BCUT2D eigenvalue weighted by Gasteiger charge is 2.26. The zero-order chi connectivity index (χ0) is 40.4. The van der Waals surface area contributed by atoms with Crippen LogP contribution >= 0.6 is 23.2 Å². The van der Waals surface area contributed by atoms with Gasteiger partial charge in [-0.15, -0.1) is 0 Å². The summed E-state index contributed by atoms with van der Waals surface area (Å²) in [7, 11) is 0. The average molecular weight is 810 g/mol. The van der Waals surface area contributed by atoms with Gasteiger partial charge in [0.25, 0.3) is 0 Å². The molecule has 2 amide bonds. The fraction of sp³-hybridized carbons (Fsp3) is 0.0556. The van der Waals surface area contributed by atoms with Gasteiger partial charge in [0.1, 0.15) is 5.75 Å². The molecule has 0 fully saturated rings. The number of carbonyl (C=O) groups excluding carboxylic acids is 2. The van der Waals surface area contributed by atoms with Gasteiger partial charge in [0.2, 0.25) is 11.8 Å². The van der Waals surface area contributed by atoms with E-state index in [1.165, 1.54) is 59.5 Å². The van der Waals surface area contributed by atoms with Crippen LogP contribution in [0, 0.1) is 11.6 Å². The number of hydrogen-bond acceptors (Lipinski definition) is 10. The molecule has 286 valence electrons. The number of ether oxygens (including phenoxy) is 1. The number of halogens is 4. The van der Waals surface area contributed by atoms with Crippen LogP contribution in [-0.2, 0) is 22.4 Å². The molecular formula is C36H24Cl2F2N6O10. The summed E-state index contributed by atoms with van der Waals surface area (Å²) in [6.45, 7) is 0. The van der Waals surface area contributed by atoms with Gasteiger partial charge in [-0.25, -0.2) is 29.3 Å². The van der Waals surface area contributed by atoms with Gasteiger partial charge >= 0.3 is 11.9 Å². The lowest BCUT2D eigenvalue weighted by molar-refractivity contribution is -0.129. The number of aromatic amines is 2. The topological polar surface area (TPSA) is 260 Å². The Bertz CT molecular complexity index is 2540. The fourth-order valence-corrected chi connectivity index (χ4v) is 6.14. The summed E-state index contributed by atoms with van der Waals surface area (Å²) in [5, 5.41) is 60.7. The number of benzene rings is 4. The molecule has 0 aliphatic heterocycles. The van der Waals surface area contributed by atoms with Gasteiger partial charge in [-0.1, -0.05) is 35.3 Å². The van der Waals surface area contributed by atoms with Crippen LogP contribution in [0.3, 0.4) is 0 Å². The fourth-order valence-electron chi connectivity index (χ4n) is 5.75. The quantitative estimate of drug-likeness (QED) is 0.0482. The van der Waals surface area contributed by atoms with Crippen LogP contribution < -0.4 is 15.7 Å². The van der Waals surface area contributed by atoms with Crippen LogP contribution in [0.2, 0.25) is 10.0 Å². The van der Waals surface area contributed by atoms with Gasteiger partial charge in [-0.2, -0.15) is 10.2 Å². The van der Waals surface area contributed by atoms with Gasteiger partial charge in [-0.05, 0) is 54.6 Å². The first-order chi connectivity index (χ1) is 26.7. The molecule has 4 aromatic carbocycles. The third kappa shape index (κ3) is 7.70. The molecule has 0 unspecified atom stereocenters. The highest BCUT2D eigenvalue weighted by Crippen LogP contribution is 2.42. The van der Waals surface area contributed by atoms with Crippen molar-refractivity contribution in [2.45, 2.75) is 12.8 Å². The molecule has 0 spiro atoms. The van der Waals surface area contributed by atoms with Crippen LogP contribution in [0.4, 0.5) is 8.78 Å². The zero-order valence-electron chi connectivity index (χ0n) is 27.9. The lowest BCUT2D eigenvalue weighted by Crippen LogP contribution is -2.21. The lowest BCUT2D eigenvalue weighted by atomic mass is 9.97. The van der Waals surface area contributed by atoms with Gasteiger partial charge < -0.3 is 20.1 Å². The number of hydroxylamine groups is 2. The second-order valence-corrected chi connectivity index (χ2v) is 12.7. The minimum absolute atomic E-state index is 0.00870. The molecule has 0 atom stereocenters. The average Bonchev–Trinajstić information content (AvgIpc) is 3.79. The maximum atomic E-state index is 16.5. The number of carboxylic acids is 2. The number of H-pyrrole nitrogens is 2. The van der Waals surface area contributed by atoms with E-state index in [1.807, 2.05) is 0 Å². The van der Waals surface area contributed by atoms with Crippen LogP contribution in [0.25, 0.3) is 45.0 Å². The summed E-state index contributed by atoms with van der Waals surface area (Å²) in [5.41, 5.74) is 2.80. The Hall–Kier alpha value is -6.86. The Balaban J connectivity index is 1.45. The van der Waals surface area contributed by atoms with Gasteiger partial charge in [0, 0.05) is 33.4 Å². The molecule has 56 heavy (non-hydrogen) atoms. The molecular weight excluding hydrogens is 785 g/mol. The van der Waals surface area contributed by atoms with Crippen molar-refractivity contribution in [3.05, 3.63) is 111 Å². The van der Waals surface area contributed by atoms with E-state index in [2.05, 4.69) is 20.4 Å². The van der Waals surface area contributed by atoms with Gasteiger partial charge in [-0.3, -0.25) is 30.2 Å². The number of amides is 2. The van der Waals surface area contributed by atoms with Crippen molar-refractivity contribution in [1.82, 2.24) is 31.4 Å². The summed E-state index contributed by atoms with van der Waals surface area (Å²) < 4.78 is 36.9. The van der Waals surface area contributed by atoms with Crippen molar-refractivity contribution in [1.29, 1.82) is 0 Å². The molecule has 2 heterocycles. The van der Waals surface area contributed by atoms with E-state index in [1.54, 1.807) is 0 Å². The first kappa shape index (κ1) is 38.9. The van der Waals surface area contributed by atoms with E-state index in [0.717, 1.165) is 18.2 Å². The number of rotatable bonds is 12. The number of nitrogens with one attached hydrogen (secondary N) is 4. The molecule has 0 saturated carbocycles. The van der Waals surface area contributed by atoms with E-state index >= 15 is 4.39 Å². The van der Waals surface area contributed by atoms with Crippen molar-refractivity contribution in [2.75, 3.05) is 0 Å². The maximum absolute atomic E-state index is 16.5. The number of phenols is 1. The van der Waals surface area contributed by atoms with Gasteiger partial charge in [0.05, 0.1) is 56.8 Å². The molecule has 0 aliphatic rings. The SMILES string of the molecule is O=C(Cc1c(-c2cc(Oc3c(Cl)ccc(-c4[nH]nc(-c5ccc(C(=O)O)cc5)c4CC(=O)NO)c3F)cc(C(=O)O)c2)n[nH]c1-c1cc(F)c(O)c(Cl)c1)NO. The summed E-state index contributed by atoms with van der Waals surface area (Å²) in [6.07, 6.45) is -1.10. The van der Waals surface area contributed by atoms with E-state index in [9.17, 15) is 49.3 Å². The van der Waals surface area contributed by atoms with Crippen molar-refractivity contribution >= 4 is 47.0 Å². The summed E-state index contributed by atoms with van der Waals surface area (Å²) in [5.74, 6) is -8.40. The van der Waals surface area contributed by atoms with Crippen LogP contribution in [-0.4, -0.2) is 69.9 Å². The molecule has 6 rings (SSSR count). The number of hydrogen-bond donors (Lipinski definition) is 9. The van der Waals surface area contributed by atoms with Gasteiger partial charge in [0.15, 0.2) is 23.1 Å². The number of carboxylic acid groups (broad SMARTS) is 2. The Morgan fingerprint density at radius 1 is 0.696 bits per heavy atom. The third-order valence-electron chi connectivity index (χ3n) is 8.33. The Morgan fingerprint density at radius 3 is 1.88 bits per heavy atom. The van der Waals surface area contributed by atoms with Crippen LogP contribution in [0.15, 0.2) is 66.7 Å². The molecule has 0 aliphatic carbocycles. The Labute approximate surface area is 321 Å². The first-order valence-electron chi connectivity index (χ1n) is 15.8. The normalized spacial score (nSPS) is 11.0. The number of nitrogens with zero attached hydrogens (tertiary/aromatic N) is 2. The summed E-state index contributed by atoms with van der Waals surface area (Å²) in [6, 6.07) is 13.5. The molecule has 20 heteroatoms. The number of aromatic carboxylic acids is 2. The number of aromatic hydroxyl groups is 1. The van der Waals surface area contributed by atoms with E-state index in [0.29, 0.717) is 5.56 Å². The maximum Gasteiger partial charge on any atom is 0.335 e. The monoisotopic (exact) mass is 808 g/mol. The van der Waals surface area contributed by atoms with E-state index < -0.39 is 65.3 Å². The first-order valence-corrected chi connectivity index (χ1v) is 16.5. The number of aromatic nitrogens is 4. The standard InChI is InChI=1S/C36H24Cl2F2N6O10/c37-23-6-5-20(32-22(13-27(48)46-55)29(41-44-32)14-1-3-15(4-2-14)35(50)51)28(40)34(23)56-19-8-16(7-18(9-19)36(52)53)30-21(12-26(47)45-54)31(43-42-30)17-10-24(38)33(49)25(39)11-17/h1-11,49,54-55H,12-13H2,(H,41,44)(H,42,43)(H,45,47)(H,46,48)(H,50,51)(H,52,53). The predicted octanol–water partition coefficient (Wildman–Crippen LogP) is 6.38. The van der Waals surface area contributed by atoms with Crippen LogP contribution in [0.5, 0.6) is 17.2 Å². The highest BCUT2D eigenvalue weighted by atomic mass is 35.5.